The van der Waals surface area contributed by atoms with E-state index in [4.69, 9.17) is 0 Å². The first-order chi connectivity index (χ1) is 12.0. The summed E-state index contributed by atoms with van der Waals surface area (Å²) in [7, 11) is 0. The summed E-state index contributed by atoms with van der Waals surface area (Å²) in [6.45, 7) is 7.17. The molecular weight excluding hydrogens is 446 g/mol. The molecule has 132 valence electrons. The molecule has 1 heterocycles. The van der Waals surface area contributed by atoms with Gasteiger partial charge < -0.3 is 10.0 Å². The van der Waals surface area contributed by atoms with Crippen LogP contribution in [0.1, 0.15) is 16.7 Å². The second-order valence-corrected chi connectivity index (χ2v) is 8.21. The van der Waals surface area contributed by atoms with Crippen LogP contribution in [0.2, 0.25) is 0 Å². The Hall–Kier alpha value is -1.37. The third kappa shape index (κ3) is 5.06. The Kier molecular flexibility index (Phi) is 6.15. The first-order valence-electron chi connectivity index (χ1n) is 8.37. The van der Waals surface area contributed by atoms with Crippen molar-refractivity contribution in [3.8, 4) is 5.75 Å². The number of hydrogen-bond donors (Lipinski definition) is 2. The Morgan fingerprint density at radius 1 is 1.16 bits per heavy atom. The lowest BCUT2D eigenvalue weighted by Crippen LogP contribution is -3.13. The minimum absolute atomic E-state index is 0.218. The van der Waals surface area contributed by atoms with Crippen molar-refractivity contribution in [2.75, 3.05) is 26.2 Å². The number of hydrazone groups is 1. The van der Waals surface area contributed by atoms with Crippen LogP contribution in [0.4, 0.5) is 0 Å². The van der Waals surface area contributed by atoms with E-state index in [1.807, 2.05) is 12.1 Å². The average Bonchev–Trinajstić information content (AvgIpc) is 2.60. The number of aromatic hydroxyl groups is 1. The Bertz CT molecular complexity index is 754. The summed E-state index contributed by atoms with van der Waals surface area (Å²) < 4.78 is 1.57. The van der Waals surface area contributed by atoms with Crippen molar-refractivity contribution in [3.05, 3.63) is 62.0 Å². The maximum atomic E-state index is 10.1. The van der Waals surface area contributed by atoms with Gasteiger partial charge in [-0.15, -0.1) is 0 Å². The largest absolute Gasteiger partial charge is 0.506 e. The standard InChI is InChI=1S/C19H21Br2N3O/c1-14-2-4-15(5-3-14)13-23-6-8-24(9-7-23)22-12-16-10-17(20)11-18(21)19(16)25/h2-5,10-12,25H,6-9,13H2,1H3/p+1. The zero-order valence-electron chi connectivity index (χ0n) is 14.2. The van der Waals surface area contributed by atoms with Crippen molar-refractivity contribution in [1.82, 2.24) is 5.01 Å². The molecule has 0 bridgehead atoms. The van der Waals surface area contributed by atoms with Gasteiger partial charge in [0.1, 0.15) is 12.3 Å². The second kappa shape index (κ2) is 8.34. The number of halogens is 2. The quantitative estimate of drug-likeness (QED) is 0.678. The van der Waals surface area contributed by atoms with Crippen LogP contribution in [0.25, 0.3) is 0 Å². The van der Waals surface area contributed by atoms with Crippen molar-refractivity contribution in [2.45, 2.75) is 13.5 Å². The molecule has 3 rings (SSSR count). The molecule has 1 aliphatic heterocycles. The molecule has 1 aliphatic rings. The number of quaternary nitrogens is 1. The van der Waals surface area contributed by atoms with E-state index in [1.54, 1.807) is 11.1 Å². The number of piperazine rings is 1. The van der Waals surface area contributed by atoms with E-state index in [1.165, 1.54) is 11.1 Å². The predicted octanol–water partition coefficient (Wildman–Crippen LogP) is 2.96. The van der Waals surface area contributed by atoms with Gasteiger partial charge >= 0.3 is 0 Å². The Morgan fingerprint density at radius 2 is 1.84 bits per heavy atom. The Balaban J connectivity index is 1.55. The van der Waals surface area contributed by atoms with Gasteiger partial charge in [0, 0.05) is 15.6 Å². The molecule has 0 aromatic heterocycles. The third-order valence-electron chi connectivity index (χ3n) is 4.44. The van der Waals surface area contributed by atoms with Gasteiger partial charge in [0.25, 0.3) is 0 Å². The van der Waals surface area contributed by atoms with Crippen LogP contribution in [0, 0.1) is 6.92 Å². The van der Waals surface area contributed by atoms with Crippen LogP contribution in [0.15, 0.2) is 50.4 Å². The molecule has 2 aromatic rings. The molecule has 2 N–H and O–H groups in total. The molecule has 6 heteroatoms. The predicted molar refractivity (Wildman–Crippen MR) is 108 cm³/mol. The molecule has 4 nitrogen and oxygen atoms in total. The van der Waals surface area contributed by atoms with E-state index < -0.39 is 0 Å². The lowest BCUT2D eigenvalue weighted by molar-refractivity contribution is -0.918. The highest BCUT2D eigenvalue weighted by Gasteiger charge is 2.18. The van der Waals surface area contributed by atoms with E-state index in [0.717, 1.165) is 37.2 Å². The summed E-state index contributed by atoms with van der Waals surface area (Å²) in [5, 5.41) is 16.7. The fraction of sp³-hybridized carbons (Fsp3) is 0.316. The zero-order chi connectivity index (χ0) is 17.8. The summed E-state index contributed by atoms with van der Waals surface area (Å²) in [6, 6.07) is 12.5. The van der Waals surface area contributed by atoms with E-state index in [-0.39, 0.29) is 5.75 Å². The van der Waals surface area contributed by atoms with Crippen LogP contribution >= 0.6 is 31.9 Å². The second-order valence-electron chi connectivity index (χ2n) is 6.44. The molecule has 0 spiro atoms. The van der Waals surface area contributed by atoms with E-state index in [9.17, 15) is 5.11 Å². The first kappa shape index (κ1) is 18.4. The highest BCUT2D eigenvalue weighted by atomic mass is 79.9. The minimum atomic E-state index is 0.218. The molecule has 0 saturated carbocycles. The molecule has 1 saturated heterocycles. The van der Waals surface area contributed by atoms with E-state index in [0.29, 0.717) is 10.0 Å². The maximum Gasteiger partial charge on any atom is 0.138 e. The number of benzene rings is 2. The topological polar surface area (TPSA) is 40.3 Å². The molecule has 0 aliphatic carbocycles. The van der Waals surface area contributed by atoms with Crippen LogP contribution in [0.5, 0.6) is 5.75 Å². The fourth-order valence-electron chi connectivity index (χ4n) is 2.93. The van der Waals surface area contributed by atoms with Gasteiger partial charge in [-0.1, -0.05) is 45.8 Å². The molecule has 1 fully saturated rings. The van der Waals surface area contributed by atoms with Crippen molar-refractivity contribution >= 4 is 38.1 Å². The number of nitrogens with zero attached hydrogens (tertiary/aromatic N) is 2. The smallest absolute Gasteiger partial charge is 0.138 e. The van der Waals surface area contributed by atoms with Crippen LogP contribution in [-0.4, -0.2) is 42.5 Å². The fourth-order valence-corrected chi connectivity index (χ4v) is 4.18. The molecular formula is C19H22Br2N3O+. The SMILES string of the molecule is Cc1ccc(C[NH+]2CCN(N=Cc3cc(Br)cc(Br)c3O)CC2)cc1. The lowest BCUT2D eigenvalue weighted by atomic mass is 10.1. The van der Waals surface area contributed by atoms with Gasteiger partial charge in [-0.05, 0) is 35.0 Å². The molecule has 25 heavy (non-hydrogen) atoms. The van der Waals surface area contributed by atoms with Crippen LogP contribution < -0.4 is 4.90 Å². The summed E-state index contributed by atoms with van der Waals surface area (Å²) in [5.74, 6) is 0.218. The normalized spacial score (nSPS) is 15.9. The molecule has 0 atom stereocenters. The highest BCUT2D eigenvalue weighted by Crippen LogP contribution is 2.30. The first-order valence-corrected chi connectivity index (χ1v) is 9.96. The van der Waals surface area contributed by atoms with Gasteiger partial charge in [-0.3, -0.25) is 5.01 Å². The average molecular weight is 468 g/mol. The molecule has 0 unspecified atom stereocenters. The van der Waals surface area contributed by atoms with Crippen LogP contribution in [0.3, 0.4) is 0 Å². The summed E-state index contributed by atoms with van der Waals surface area (Å²) in [4.78, 5) is 1.59. The van der Waals surface area contributed by atoms with Gasteiger partial charge in [0.05, 0.1) is 36.9 Å². The summed E-state index contributed by atoms with van der Waals surface area (Å²) >= 11 is 6.79. The summed E-state index contributed by atoms with van der Waals surface area (Å²) in [5.41, 5.74) is 3.40. The number of phenols is 1. The van der Waals surface area contributed by atoms with E-state index >= 15 is 0 Å². The van der Waals surface area contributed by atoms with Gasteiger partial charge in [0.2, 0.25) is 0 Å². The maximum absolute atomic E-state index is 10.1. The molecule has 2 aromatic carbocycles. The number of phenolic OH excluding ortho intramolecular Hbond substituents is 1. The van der Waals surface area contributed by atoms with Gasteiger partial charge in [-0.25, -0.2) is 0 Å². The Morgan fingerprint density at radius 3 is 2.52 bits per heavy atom. The Labute approximate surface area is 165 Å². The third-order valence-corrected chi connectivity index (χ3v) is 5.50. The van der Waals surface area contributed by atoms with Crippen LogP contribution in [-0.2, 0) is 6.54 Å². The van der Waals surface area contributed by atoms with Crippen molar-refractivity contribution in [2.24, 2.45) is 5.10 Å². The van der Waals surface area contributed by atoms with Crippen molar-refractivity contribution in [1.29, 1.82) is 0 Å². The lowest BCUT2D eigenvalue weighted by Gasteiger charge is -2.30. The monoisotopic (exact) mass is 466 g/mol. The van der Waals surface area contributed by atoms with Crippen molar-refractivity contribution in [3.63, 3.8) is 0 Å². The molecule has 0 amide bonds. The number of rotatable bonds is 4. The minimum Gasteiger partial charge on any atom is -0.506 e. The van der Waals surface area contributed by atoms with Gasteiger partial charge in [0.15, 0.2) is 0 Å². The number of aryl methyl sites for hydroxylation is 1. The number of nitrogens with one attached hydrogen (secondary N) is 1. The molecule has 0 radical (unpaired) electrons. The summed E-state index contributed by atoms with van der Waals surface area (Å²) in [6.07, 6.45) is 1.73. The number of hydrogen-bond acceptors (Lipinski definition) is 3. The van der Waals surface area contributed by atoms with Gasteiger partial charge in [-0.2, -0.15) is 5.10 Å². The van der Waals surface area contributed by atoms with Crippen molar-refractivity contribution < 1.29 is 10.0 Å². The zero-order valence-corrected chi connectivity index (χ0v) is 17.3. The highest BCUT2D eigenvalue weighted by molar-refractivity contribution is 9.11. The van der Waals surface area contributed by atoms with E-state index in [2.05, 4.69) is 73.2 Å².